The summed E-state index contributed by atoms with van der Waals surface area (Å²) in [5.41, 5.74) is 2.43. The maximum Gasteiger partial charge on any atom is 0.119 e. The standard InChI is InChI=1S/C18H20NO/c1-2-6-16(7-3-1)17-8-10-18(11-9-17)20-15-14-19-12-4-5-13-19/h2-3,6-11H,4-5,12-15H2. The average molecular weight is 266 g/mol. The minimum atomic E-state index is 0.777. The lowest BCUT2D eigenvalue weighted by molar-refractivity contribution is 0.238. The number of likely N-dealkylation sites (tertiary alicyclic amines) is 1. The van der Waals surface area contributed by atoms with E-state index >= 15 is 0 Å². The summed E-state index contributed by atoms with van der Waals surface area (Å²) in [4.78, 5) is 2.47. The predicted molar refractivity (Wildman–Crippen MR) is 81.9 cm³/mol. The highest BCUT2D eigenvalue weighted by molar-refractivity contribution is 5.63. The van der Waals surface area contributed by atoms with Crippen LogP contribution in [0.2, 0.25) is 0 Å². The number of rotatable bonds is 5. The molecule has 1 fully saturated rings. The molecule has 2 aromatic carbocycles. The second-order valence-electron chi connectivity index (χ2n) is 5.21. The molecule has 2 heteroatoms. The van der Waals surface area contributed by atoms with Gasteiger partial charge in [0, 0.05) is 6.54 Å². The Labute approximate surface area is 121 Å². The van der Waals surface area contributed by atoms with Gasteiger partial charge in [0.1, 0.15) is 12.4 Å². The Balaban J connectivity index is 1.53. The third-order valence-electron chi connectivity index (χ3n) is 3.78. The van der Waals surface area contributed by atoms with Gasteiger partial charge >= 0.3 is 0 Å². The van der Waals surface area contributed by atoms with E-state index in [1.54, 1.807) is 0 Å². The molecule has 1 saturated heterocycles. The molecular formula is C18H20NO. The van der Waals surface area contributed by atoms with E-state index in [0.717, 1.165) is 18.9 Å². The Kier molecular flexibility index (Phi) is 4.34. The maximum absolute atomic E-state index is 5.81. The van der Waals surface area contributed by atoms with Gasteiger partial charge in [-0.1, -0.05) is 36.4 Å². The van der Waals surface area contributed by atoms with Gasteiger partial charge in [0.15, 0.2) is 0 Å². The first kappa shape index (κ1) is 13.2. The Hall–Kier alpha value is -1.80. The Bertz CT molecular complexity index is 515. The molecule has 0 saturated carbocycles. The van der Waals surface area contributed by atoms with Crippen molar-refractivity contribution in [1.82, 2.24) is 4.90 Å². The molecule has 1 aliphatic rings. The van der Waals surface area contributed by atoms with E-state index in [2.05, 4.69) is 47.4 Å². The largest absolute Gasteiger partial charge is 0.492 e. The topological polar surface area (TPSA) is 12.5 Å². The van der Waals surface area contributed by atoms with E-state index in [1.165, 1.54) is 37.1 Å². The van der Waals surface area contributed by atoms with Crippen molar-refractivity contribution in [3.63, 3.8) is 0 Å². The van der Waals surface area contributed by atoms with Crippen LogP contribution < -0.4 is 4.74 Å². The third kappa shape index (κ3) is 3.40. The molecule has 1 aliphatic heterocycles. The molecule has 103 valence electrons. The second-order valence-corrected chi connectivity index (χ2v) is 5.21. The normalized spacial score (nSPS) is 15.4. The molecule has 0 atom stereocenters. The first-order valence-corrected chi connectivity index (χ1v) is 7.33. The van der Waals surface area contributed by atoms with Gasteiger partial charge < -0.3 is 4.74 Å². The Morgan fingerprint density at radius 1 is 0.900 bits per heavy atom. The van der Waals surface area contributed by atoms with Crippen LogP contribution in [-0.2, 0) is 0 Å². The van der Waals surface area contributed by atoms with E-state index in [-0.39, 0.29) is 0 Å². The maximum atomic E-state index is 5.81. The second kappa shape index (κ2) is 6.58. The van der Waals surface area contributed by atoms with Gasteiger partial charge in [-0.3, -0.25) is 4.90 Å². The third-order valence-corrected chi connectivity index (χ3v) is 3.78. The van der Waals surface area contributed by atoms with Crippen LogP contribution in [0.25, 0.3) is 11.1 Å². The average Bonchev–Trinajstić information content (AvgIpc) is 3.02. The number of nitrogens with zero attached hydrogens (tertiary/aromatic N) is 1. The number of ether oxygens (including phenoxy) is 1. The molecule has 1 heterocycles. The minimum Gasteiger partial charge on any atom is -0.492 e. The van der Waals surface area contributed by atoms with Gasteiger partial charge in [0.2, 0.25) is 0 Å². The molecule has 2 nitrogen and oxygen atoms in total. The molecule has 0 bridgehead atoms. The summed E-state index contributed by atoms with van der Waals surface area (Å²) in [5.74, 6) is 0.954. The molecule has 20 heavy (non-hydrogen) atoms. The van der Waals surface area contributed by atoms with Crippen LogP contribution in [0.5, 0.6) is 5.75 Å². The van der Waals surface area contributed by atoms with Crippen molar-refractivity contribution >= 4 is 0 Å². The summed E-state index contributed by atoms with van der Waals surface area (Å²) < 4.78 is 5.81. The van der Waals surface area contributed by atoms with Crippen LogP contribution >= 0.6 is 0 Å². The fourth-order valence-corrected chi connectivity index (χ4v) is 2.62. The van der Waals surface area contributed by atoms with Crippen molar-refractivity contribution in [2.45, 2.75) is 12.8 Å². The lowest BCUT2D eigenvalue weighted by atomic mass is 10.1. The molecule has 3 rings (SSSR count). The summed E-state index contributed by atoms with van der Waals surface area (Å²) >= 11 is 0. The first-order valence-electron chi connectivity index (χ1n) is 7.33. The fraction of sp³-hybridized carbons (Fsp3) is 0.333. The zero-order valence-electron chi connectivity index (χ0n) is 11.7. The molecule has 1 radical (unpaired) electrons. The van der Waals surface area contributed by atoms with Crippen LogP contribution in [0, 0.1) is 6.07 Å². The van der Waals surface area contributed by atoms with E-state index in [4.69, 9.17) is 4.74 Å². The summed E-state index contributed by atoms with van der Waals surface area (Å²) in [6.45, 7) is 4.27. The van der Waals surface area contributed by atoms with E-state index in [0.29, 0.717) is 0 Å². The molecule has 0 aromatic heterocycles. The monoisotopic (exact) mass is 266 g/mol. The van der Waals surface area contributed by atoms with Crippen LogP contribution in [0.4, 0.5) is 0 Å². The van der Waals surface area contributed by atoms with Gasteiger partial charge in [-0.25, -0.2) is 0 Å². The Morgan fingerprint density at radius 2 is 1.55 bits per heavy atom. The highest BCUT2D eigenvalue weighted by Gasteiger charge is 2.10. The van der Waals surface area contributed by atoms with Gasteiger partial charge in [0.25, 0.3) is 0 Å². The molecule has 0 aliphatic carbocycles. The van der Waals surface area contributed by atoms with Crippen molar-refractivity contribution in [3.8, 4) is 16.9 Å². The zero-order chi connectivity index (χ0) is 13.6. The summed E-state index contributed by atoms with van der Waals surface area (Å²) in [6, 6.07) is 19.4. The van der Waals surface area contributed by atoms with Crippen LogP contribution in [-0.4, -0.2) is 31.1 Å². The zero-order valence-corrected chi connectivity index (χ0v) is 11.7. The van der Waals surface area contributed by atoms with E-state index in [1.807, 2.05) is 12.1 Å². The SMILES string of the molecule is [c]1ccc(-c2ccc(OCCN3CCCC3)cc2)cc1. The van der Waals surface area contributed by atoms with E-state index < -0.39 is 0 Å². The van der Waals surface area contributed by atoms with Crippen molar-refractivity contribution in [2.24, 2.45) is 0 Å². The van der Waals surface area contributed by atoms with Gasteiger partial charge in [-0.2, -0.15) is 0 Å². The van der Waals surface area contributed by atoms with Gasteiger partial charge in [-0.15, -0.1) is 0 Å². The van der Waals surface area contributed by atoms with Crippen LogP contribution in [0.15, 0.2) is 48.5 Å². The van der Waals surface area contributed by atoms with Crippen molar-refractivity contribution < 1.29 is 4.74 Å². The number of benzene rings is 2. The number of hydrogen-bond donors (Lipinski definition) is 0. The highest BCUT2D eigenvalue weighted by Crippen LogP contribution is 2.22. The quantitative estimate of drug-likeness (QED) is 0.819. The van der Waals surface area contributed by atoms with Crippen molar-refractivity contribution in [3.05, 3.63) is 54.6 Å². The van der Waals surface area contributed by atoms with E-state index in [9.17, 15) is 0 Å². The molecular weight excluding hydrogens is 246 g/mol. The molecule has 0 N–H and O–H groups in total. The lowest BCUT2D eigenvalue weighted by Crippen LogP contribution is -2.25. The molecule has 2 aromatic rings. The lowest BCUT2D eigenvalue weighted by Gasteiger charge is -2.15. The van der Waals surface area contributed by atoms with Gasteiger partial charge in [-0.05, 0) is 55.3 Å². The summed E-state index contributed by atoms with van der Waals surface area (Å²) in [7, 11) is 0. The fourth-order valence-electron chi connectivity index (χ4n) is 2.62. The van der Waals surface area contributed by atoms with Crippen LogP contribution in [0.1, 0.15) is 12.8 Å². The molecule has 0 unspecified atom stereocenters. The minimum absolute atomic E-state index is 0.777. The van der Waals surface area contributed by atoms with Crippen LogP contribution in [0.3, 0.4) is 0 Å². The smallest absolute Gasteiger partial charge is 0.119 e. The molecule has 0 spiro atoms. The number of hydrogen-bond acceptors (Lipinski definition) is 2. The van der Waals surface area contributed by atoms with Gasteiger partial charge in [0.05, 0.1) is 0 Å². The van der Waals surface area contributed by atoms with Crippen molar-refractivity contribution in [1.29, 1.82) is 0 Å². The summed E-state index contributed by atoms with van der Waals surface area (Å²) in [5, 5.41) is 0. The van der Waals surface area contributed by atoms with Crippen molar-refractivity contribution in [2.75, 3.05) is 26.2 Å². The predicted octanol–water partition coefficient (Wildman–Crippen LogP) is 3.63. The first-order chi connectivity index (χ1) is 9.92. The molecule has 0 amide bonds. The Morgan fingerprint density at radius 3 is 2.25 bits per heavy atom. The summed E-state index contributed by atoms with van der Waals surface area (Å²) in [6.07, 6.45) is 2.67. The highest BCUT2D eigenvalue weighted by atomic mass is 16.5.